The minimum absolute atomic E-state index is 0.0166. The van der Waals surface area contributed by atoms with E-state index in [-0.39, 0.29) is 25.2 Å². The Morgan fingerprint density at radius 1 is 1.40 bits per heavy atom. The molecule has 0 rings (SSSR count). The van der Waals surface area contributed by atoms with E-state index in [1.54, 1.807) is 0 Å². The number of carbonyl (C=O) groups is 1. The van der Waals surface area contributed by atoms with Crippen LogP contribution in [0.4, 0.5) is 0 Å². The first-order chi connectivity index (χ1) is 7.26. The van der Waals surface area contributed by atoms with Crippen LogP contribution in [0.3, 0.4) is 0 Å². The number of ether oxygens (including phenoxy) is 2. The molecule has 0 aromatic carbocycles. The van der Waals surface area contributed by atoms with Crippen LogP contribution >= 0.6 is 0 Å². The van der Waals surface area contributed by atoms with Crippen molar-refractivity contribution in [3.63, 3.8) is 0 Å². The molecule has 0 saturated heterocycles. The summed E-state index contributed by atoms with van der Waals surface area (Å²) >= 11 is 0. The highest BCUT2D eigenvalue weighted by Crippen LogP contribution is 1.94. The molecule has 0 aliphatic heterocycles. The van der Waals surface area contributed by atoms with Gasteiger partial charge in [-0.25, -0.2) is 0 Å². The number of esters is 1. The van der Waals surface area contributed by atoms with Crippen molar-refractivity contribution in [2.24, 2.45) is 0 Å². The van der Waals surface area contributed by atoms with E-state index in [1.165, 1.54) is 0 Å². The van der Waals surface area contributed by atoms with Gasteiger partial charge in [0.25, 0.3) is 0 Å². The standard InChI is InChI=1S/C10H21NO4/c1-3-9(11-5-6-12)10(13)15-8-7-14-4-2/h9,11-12H,3-8H2,1-2H3. The molecule has 0 spiro atoms. The number of hydrogen-bond donors (Lipinski definition) is 2. The quantitative estimate of drug-likeness (QED) is 0.419. The van der Waals surface area contributed by atoms with Crippen LogP contribution in [0.15, 0.2) is 0 Å². The number of hydrogen-bond acceptors (Lipinski definition) is 5. The highest BCUT2D eigenvalue weighted by Gasteiger charge is 2.16. The predicted molar refractivity (Wildman–Crippen MR) is 56.6 cm³/mol. The van der Waals surface area contributed by atoms with E-state index in [2.05, 4.69) is 5.32 Å². The molecule has 0 saturated carbocycles. The van der Waals surface area contributed by atoms with E-state index in [4.69, 9.17) is 14.6 Å². The Morgan fingerprint density at radius 2 is 2.13 bits per heavy atom. The fraction of sp³-hybridized carbons (Fsp3) is 0.900. The molecule has 0 bridgehead atoms. The Hall–Kier alpha value is -0.650. The number of carbonyl (C=O) groups excluding carboxylic acids is 1. The van der Waals surface area contributed by atoms with Crippen molar-refractivity contribution in [1.82, 2.24) is 5.32 Å². The lowest BCUT2D eigenvalue weighted by molar-refractivity contribution is -0.147. The van der Waals surface area contributed by atoms with E-state index >= 15 is 0 Å². The van der Waals surface area contributed by atoms with Gasteiger partial charge in [-0.05, 0) is 13.3 Å². The third kappa shape index (κ3) is 7.30. The smallest absolute Gasteiger partial charge is 0.323 e. The van der Waals surface area contributed by atoms with E-state index in [9.17, 15) is 4.79 Å². The van der Waals surface area contributed by atoms with E-state index in [0.29, 0.717) is 26.2 Å². The summed E-state index contributed by atoms with van der Waals surface area (Å²) in [5.74, 6) is -0.286. The summed E-state index contributed by atoms with van der Waals surface area (Å²) in [6.07, 6.45) is 0.646. The third-order valence-corrected chi connectivity index (χ3v) is 1.87. The van der Waals surface area contributed by atoms with Crippen LogP contribution in [0.2, 0.25) is 0 Å². The number of nitrogens with one attached hydrogen (secondary N) is 1. The van der Waals surface area contributed by atoms with Gasteiger partial charge in [0.15, 0.2) is 0 Å². The summed E-state index contributed by atoms with van der Waals surface area (Å²) < 4.78 is 10.0. The van der Waals surface area contributed by atoms with Gasteiger partial charge in [-0.1, -0.05) is 6.92 Å². The lowest BCUT2D eigenvalue weighted by atomic mass is 10.2. The van der Waals surface area contributed by atoms with Crippen LogP contribution in [-0.4, -0.2) is 50.1 Å². The molecule has 0 amide bonds. The van der Waals surface area contributed by atoms with Crippen molar-refractivity contribution in [1.29, 1.82) is 0 Å². The topological polar surface area (TPSA) is 67.8 Å². The molecule has 5 heteroatoms. The van der Waals surface area contributed by atoms with Crippen molar-refractivity contribution in [3.05, 3.63) is 0 Å². The second-order valence-corrected chi connectivity index (χ2v) is 3.00. The van der Waals surface area contributed by atoms with Crippen LogP contribution in [0, 0.1) is 0 Å². The summed E-state index contributed by atoms with van der Waals surface area (Å²) in [7, 11) is 0. The van der Waals surface area contributed by atoms with Gasteiger partial charge in [0, 0.05) is 13.2 Å². The van der Waals surface area contributed by atoms with E-state index in [0.717, 1.165) is 0 Å². The van der Waals surface area contributed by atoms with E-state index < -0.39 is 0 Å². The molecule has 0 radical (unpaired) electrons. The molecule has 1 atom stereocenters. The zero-order valence-corrected chi connectivity index (χ0v) is 9.49. The summed E-state index contributed by atoms with van der Waals surface area (Å²) in [5, 5.41) is 11.5. The fourth-order valence-corrected chi connectivity index (χ4v) is 1.08. The van der Waals surface area contributed by atoms with E-state index in [1.807, 2.05) is 13.8 Å². The van der Waals surface area contributed by atoms with Crippen molar-refractivity contribution in [2.75, 3.05) is 33.0 Å². The molecule has 15 heavy (non-hydrogen) atoms. The van der Waals surface area contributed by atoms with Crippen LogP contribution in [0.25, 0.3) is 0 Å². The lowest BCUT2D eigenvalue weighted by Gasteiger charge is -2.15. The second-order valence-electron chi connectivity index (χ2n) is 3.00. The molecule has 0 aliphatic carbocycles. The molecular formula is C10H21NO4. The molecule has 0 fully saturated rings. The first-order valence-corrected chi connectivity index (χ1v) is 5.34. The predicted octanol–water partition coefficient (Wildman–Crippen LogP) is -0.0734. The highest BCUT2D eigenvalue weighted by molar-refractivity contribution is 5.75. The first-order valence-electron chi connectivity index (χ1n) is 5.34. The summed E-state index contributed by atoms with van der Waals surface area (Å²) in [6, 6.07) is -0.334. The van der Waals surface area contributed by atoms with Gasteiger partial charge in [-0.2, -0.15) is 0 Å². The Kier molecular flexibility index (Phi) is 9.46. The molecule has 90 valence electrons. The molecule has 0 aromatic rings. The van der Waals surface area contributed by atoms with Crippen molar-refractivity contribution >= 4 is 5.97 Å². The van der Waals surface area contributed by atoms with Gasteiger partial charge in [-0.15, -0.1) is 0 Å². The third-order valence-electron chi connectivity index (χ3n) is 1.87. The maximum absolute atomic E-state index is 11.4. The van der Waals surface area contributed by atoms with Crippen molar-refractivity contribution < 1.29 is 19.4 Å². The van der Waals surface area contributed by atoms with Crippen LogP contribution in [0.1, 0.15) is 20.3 Å². The summed E-state index contributed by atoms with van der Waals surface area (Å²) in [5.41, 5.74) is 0. The fourth-order valence-electron chi connectivity index (χ4n) is 1.08. The number of aliphatic hydroxyl groups excluding tert-OH is 1. The summed E-state index contributed by atoms with van der Waals surface area (Å²) in [4.78, 5) is 11.4. The maximum Gasteiger partial charge on any atom is 0.323 e. The summed E-state index contributed by atoms with van der Waals surface area (Å²) in [6.45, 7) is 5.53. The van der Waals surface area contributed by atoms with Crippen molar-refractivity contribution in [2.45, 2.75) is 26.3 Å². The van der Waals surface area contributed by atoms with Gasteiger partial charge >= 0.3 is 5.97 Å². The van der Waals surface area contributed by atoms with Crippen LogP contribution in [0.5, 0.6) is 0 Å². The SMILES string of the molecule is CCOCCOC(=O)C(CC)NCCO. The monoisotopic (exact) mass is 219 g/mol. The average molecular weight is 219 g/mol. The Morgan fingerprint density at radius 3 is 2.67 bits per heavy atom. The highest BCUT2D eigenvalue weighted by atomic mass is 16.6. The van der Waals surface area contributed by atoms with Crippen LogP contribution < -0.4 is 5.32 Å². The normalized spacial score (nSPS) is 12.5. The largest absolute Gasteiger partial charge is 0.462 e. The second kappa shape index (κ2) is 9.89. The molecule has 0 aliphatic rings. The zero-order valence-electron chi connectivity index (χ0n) is 9.49. The Balaban J connectivity index is 3.63. The minimum atomic E-state index is -0.334. The Labute approximate surface area is 90.8 Å². The molecule has 0 aromatic heterocycles. The lowest BCUT2D eigenvalue weighted by Crippen LogP contribution is -2.39. The maximum atomic E-state index is 11.4. The molecule has 5 nitrogen and oxygen atoms in total. The van der Waals surface area contributed by atoms with Gasteiger partial charge in [0.05, 0.1) is 13.2 Å². The molecular weight excluding hydrogens is 198 g/mol. The van der Waals surface area contributed by atoms with Gasteiger partial charge in [0.1, 0.15) is 12.6 Å². The van der Waals surface area contributed by atoms with Gasteiger partial charge in [-0.3, -0.25) is 4.79 Å². The first kappa shape index (κ1) is 14.3. The average Bonchev–Trinajstić information content (AvgIpc) is 2.25. The van der Waals surface area contributed by atoms with Crippen molar-refractivity contribution in [3.8, 4) is 0 Å². The number of rotatable bonds is 9. The molecule has 0 heterocycles. The van der Waals surface area contributed by atoms with Gasteiger partial charge in [0.2, 0.25) is 0 Å². The Bertz CT molecular complexity index is 164. The zero-order chi connectivity index (χ0) is 11.5. The van der Waals surface area contributed by atoms with Gasteiger partial charge < -0.3 is 19.9 Å². The molecule has 2 N–H and O–H groups in total. The van der Waals surface area contributed by atoms with Crippen LogP contribution in [-0.2, 0) is 14.3 Å². The number of aliphatic hydroxyl groups is 1. The minimum Gasteiger partial charge on any atom is -0.462 e. The molecule has 1 unspecified atom stereocenters.